The third kappa shape index (κ3) is 7.13. The second kappa shape index (κ2) is 17.6. The lowest BCUT2D eigenvalue weighted by atomic mass is 9.67. The first-order valence-electron chi connectivity index (χ1n) is 25.1. The van der Waals surface area contributed by atoms with Gasteiger partial charge in [0.2, 0.25) is 0 Å². The lowest BCUT2D eigenvalue weighted by Gasteiger charge is -2.35. The van der Waals surface area contributed by atoms with Crippen molar-refractivity contribution >= 4 is 59.3 Å². The van der Waals surface area contributed by atoms with E-state index in [0.29, 0.717) is 0 Å². The molecule has 0 bridgehead atoms. The molecule has 0 unspecified atom stereocenters. The lowest BCUT2D eigenvalue weighted by molar-refractivity contribution is 0.768. The SMILES string of the molecule is c1ccc(-c2ccccc2-c2ccc3sc4cc(N(c5ccc(-c6ccc(-c7cccc8ccccc78)cc6)cc5)c5ccc6c(c5)C(c5ccccc5)(c5ccccc5)c5ccccc5-6)ccc4c3c2)cc1. The zero-order valence-electron chi connectivity index (χ0n) is 40.0. The van der Waals surface area contributed by atoms with Crippen LogP contribution in [0, 0.1) is 0 Å². The van der Waals surface area contributed by atoms with Crippen LogP contribution in [0.15, 0.2) is 285 Å². The largest absolute Gasteiger partial charge is 0.310 e. The minimum atomic E-state index is -0.523. The summed E-state index contributed by atoms with van der Waals surface area (Å²) in [6.07, 6.45) is 0. The predicted molar refractivity (Wildman–Crippen MR) is 311 cm³/mol. The molecule has 1 aliphatic carbocycles. The summed E-state index contributed by atoms with van der Waals surface area (Å²) in [6.45, 7) is 0. The molecule has 0 radical (unpaired) electrons. The second-order valence-corrected chi connectivity index (χ2v) is 20.2. The normalized spacial score (nSPS) is 12.5. The molecule has 2 heteroatoms. The molecule has 0 fully saturated rings. The number of hydrogen-bond donors (Lipinski definition) is 0. The van der Waals surface area contributed by atoms with Crippen LogP contribution in [0.25, 0.3) is 86.6 Å². The van der Waals surface area contributed by atoms with Crippen molar-refractivity contribution in [1.29, 1.82) is 0 Å². The summed E-state index contributed by atoms with van der Waals surface area (Å²) < 4.78 is 2.53. The molecule has 0 atom stereocenters. The minimum Gasteiger partial charge on any atom is -0.310 e. The van der Waals surface area contributed by atoms with Crippen molar-refractivity contribution in [3.63, 3.8) is 0 Å². The van der Waals surface area contributed by atoms with Gasteiger partial charge in [-0.25, -0.2) is 0 Å². The fourth-order valence-electron chi connectivity index (χ4n) is 11.8. The van der Waals surface area contributed by atoms with Gasteiger partial charge in [-0.05, 0) is 137 Å². The van der Waals surface area contributed by atoms with Gasteiger partial charge in [-0.2, -0.15) is 0 Å². The van der Waals surface area contributed by atoms with Crippen LogP contribution >= 0.6 is 11.3 Å². The highest BCUT2D eigenvalue weighted by molar-refractivity contribution is 7.25. The minimum absolute atomic E-state index is 0.523. The van der Waals surface area contributed by atoms with Crippen LogP contribution in [0.5, 0.6) is 0 Å². The Balaban J connectivity index is 0.913. The van der Waals surface area contributed by atoms with Gasteiger partial charge in [0.15, 0.2) is 0 Å². The molecule has 13 aromatic rings. The third-order valence-corrected chi connectivity index (χ3v) is 16.3. The Hall–Kier alpha value is -9.08. The highest BCUT2D eigenvalue weighted by atomic mass is 32.1. The number of hydrogen-bond acceptors (Lipinski definition) is 2. The summed E-state index contributed by atoms with van der Waals surface area (Å²) in [7, 11) is 0. The molecule has 342 valence electrons. The van der Waals surface area contributed by atoms with Crippen molar-refractivity contribution < 1.29 is 0 Å². The fraction of sp³-hybridized carbons (Fsp3) is 0.0141. The molecule has 12 aromatic carbocycles. The van der Waals surface area contributed by atoms with Crippen molar-refractivity contribution in [1.82, 2.24) is 0 Å². The maximum atomic E-state index is 2.47. The van der Waals surface area contributed by atoms with Gasteiger partial charge in [0.1, 0.15) is 0 Å². The highest BCUT2D eigenvalue weighted by Crippen LogP contribution is 2.57. The Kier molecular flexibility index (Phi) is 10.3. The number of rotatable bonds is 9. The van der Waals surface area contributed by atoms with Gasteiger partial charge < -0.3 is 4.90 Å². The van der Waals surface area contributed by atoms with Gasteiger partial charge in [-0.3, -0.25) is 0 Å². The Morgan fingerprint density at radius 3 is 1.51 bits per heavy atom. The number of anilines is 3. The first-order chi connectivity index (χ1) is 36.2. The molecule has 0 aliphatic heterocycles. The second-order valence-electron chi connectivity index (χ2n) is 19.1. The van der Waals surface area contributed by atoms with Crippen molar-refractivity contribution in [3.8, 4) is 55.6 Å². The van der Waals surface area contributed by atoms with Crippen molar-refractivity contribution in [2.24, 2.45) is 0 Å². The van der Waals surface area contributed by atoms with Crippen molar-refractivity contribution in [3.05, 3.63) is 307 Å². The smallest absolute Gasteiger partial charge is 0.0714 e. The average Bonchev–Trinajstić information content (AvgIpc) is 4.02. The Labute approximate surface area is 430 Å². The molecule has 1 aliphatic rings. The van der Waals surface area contributed by atoms with Gasteiger partial charge in [-0.15, -0.1) is 11.3 Å². The molecule has 1 heterocycles. The Morgan fingerprint density at radius 1 is 0.260 bits per heavy atom. The van der Waals surface area contributed by atoms with Gasteiger partial charge in [0.25, 0.3) is 0 Å². The van der Waals surface area contributed by atoms with E-state index in [2.05, 4.69) is 290 Å². The van der Waals surface area contributed by atoms with Crippen LogP contribution in [0.3, 0.4) is 0 Å². The zero-order chi connectivity index (χ0) is 48.3. The summed E-state index contributed by atoms with van der Waals surface area (Å²) in [5, 5.41) is 5.07. The van der Waals surface area contributed by atoms with E-state index < -0.39 is 5.41 Å². The number of thiophene rings is 1. The number of benzene rings is 12. The molecule has 0 saturated carbocycles. The number of fused-ring (bicyclic) bond motifs is 7. The first kappa shape index (κ1) is 42.8. The van der Waals surface area contributed by atoms with E-state index in [1.165, 1.54) is 109 Å². The van der Waals surface area contributed by atoms with Gasteiger partial charge in [-0.1, -0.05) is 237 Å². The number of nitrogens with zero attached hydrogens (tertiary/aromatic N) is 1. The summed E-state index contributed by atoms with van der Waals surface area (Å²) in [4.78, 5) is 2.46. The standard InChI is InChI=1S/C71H47NS/c1-4-17-50(18-5-1)60-26-12-13-27-62(60)53-37-44-69-66(45-53)65-43-41-58(47-70(65)73-69)72(56-38-35-49(36-39-56)48-31-33-52(34-32-48)61-29-16-20-51-19-10-11-25-59(51)61)57-40-42-64-63-28-14-15-30-67(63)71(68(64)46-57,54-21-6-2-7-22-54)55-23-8-3-9-24-55/h1-47H. The Bertz CT molecular complexity index is 4130. The van der Waals surface area contributed by atoms with E-state index in [1.807, 2.05) is 11.3 Å². The molecule has 0 spiro atoms. The van der Waals surface area contributed by atoms with E-state index >= 15 is 0 Å². The molecule has 0 amide bonds. The average molecular weight is 946 g/mol. The molecule has 14 rings (SSSR count). The summed E-state index contributed by atoms with van der Waals surface area (Å²) in [5.41, 5.74) is 20.2. The Morgan fingerprint density at radius 2 is 0.767 bits per heavy atom. The van der Waals surface area contributed by atoms with E-state index in [-0.39, 0.29) is 0 Å². The van der Waals surface area contributed by atoms with Crippen LogP contribution in [-0.2, 0) is 5.41 Å². The van der Waals surface area contributed by atoms with E-state index in [0.717, 1.165) is 17.1 Å². The van der Waals surface area contributed by atoms with Crippen LogP contribution in [0.4, 0.5) is 17.1 Å². The summed E-state index contributed by atoms with van der Waals surface area (Å²) in [6, 6.07) is 105. The van der Waals surface area contributed by atoms with Crippen LogP contribution in [0.1, 0.15) is 22.3 Å². The monoisotopic (exact) mass is 945 g/mol. The first-order valence-corrected chi connectivity index (χ1v) is 26.0. The van der Waals surface area contributed by atoms with Crippen LogP contribution in [0.2, 0.25) is 0 Å². The highest BCUT2D eigenvalue weighted by Gasteiger charge is 2.46. The third-order valence-electron chi connectivity index (χ3n) is 15.2. The van der Waals surface area contributed by atoms with Gasteiger partial charge in [0.05, 0.1) is 5.41 Å². The zero-order valence-corrected chi connectivity index (χ0v) is 40.8. The van der Waals surface area contributed by atoms with Crippen LogP contribution in [-0.4, -0.2) is 0 Å². The van der Waals surface area contributed by atoms with Crippen molar-refractivity contribution in [2.45, 2.75) is 5.41 Å². The van der Waals surface area contributed by atoms with E-state index in [9.17, 15) is 0 Å². The summed E-state index contributed by atoms with van der Waals surface area (Å²) >= 11 is 1.87. The predicted octanol–water partition coefficient (Wildman–Crippen LogP) is 19.7. The lowest BCUT2D eigenvalue weighted by Crippen LogP contribution is -2.28. The quantitative estimate of drug-likeness (QED) is 0.139. The molecular weight excluding hydrogens is 899 g/mol. The maximum Gasteiger partial charge on any atom is 0.0714 e. The molecular formula is C71H47NS. The van der Waals surface area contributed by atoms with Crippen LogP contribution < -0.4 is 4.90 Å². The summed E-state index contributed by atoms with van der Waals surface area (Å²) in [5.74, 6) is 0. The maximum absolute atomic E-state index is 2.47. The van der Waals surface area contributed by atoms with E-state index in [1.54, 1.807) is 0 Å². The molecule has 73 heavy (non-hydrogen) atoms. The molecule has 0 saturated heterocycles. The van der Waals surface area contributed by atoms with Gasteiger partial charge in [0, 0.05) is 37.2 Å². The van der Waals surface area contributed by atoms with E-state index in [4.69, 9.17) is 0 Å². The topological polar surface area (TPSA) is 3.24 Å². The molecule has 1 nitrogen and oxygen atoms in total. The van der Waals surface area contributed by atoms with Gasteiger partial charge >= 0.3 is 0 Å². The van der Waals surface area contributed by atoms with Crippen molar-refractivity contribution in [2.75, 3.05) is 4.90 Å². The molecule has 0 N–H and O–H groups in total. The fourth-order valence-corrected chi connectivity index (χ4v) is 12.9. The molecule has 1 aromatic heterocycles.